The van der Waals surface area contributed by atoms with Gasteiger partial charge in [-0.1, -0.05) is 18.7 Å². The van der Waals surface area contributed by atoms with E-state index in [0.29, 0.717) is 6.04 Å². The second-order valence-electron chi connectivity index (χ2n) is 2.69. The molecule has 60 valence electrons. The molecular weight excluding hydrogens is 138 g/mol. The molecule has 0 fully saturated rings. The second kappa shape index (κ2) is 3.96. The van der Waals surface area contributed by atoms with E-state index >= 15 is 0 Å². The van der Waals surface area contributed by atoms with Crippen molar-refractivity contribution in [2.24, 2.45) is 0 Å². The molecule has 0 bridgehead atoms. The topological polar surface area (TPSA) is 29.1 Å². The average molecular weight is 151 g/mol. The molecule has 1 amide bonds. The summed E-state index contributed by atoms with van der Waals surface area (Å²) in [5.74, 6) is -0.0645. The van der Waals surface area contributed by atoms with E-state index in [1.807, 2.05) is 0 Å². The van der Waals surface area contributed by atoms with Gasteiger partial charge in [-0.25, -0.2) is 0 Å². The molecular formula is C9H13NO. The molecule has 0 radical (unpaired) electrons. The predicted molar refractivity (Wildman–Crippen MR) is 45.1 cm³/mol. The van der Waals surface area contributed by atoms with E-state index in [1.165, 1.54) is 6.08 Å². The number of rotatable bonds is 2. The van der Waals surface area contributed by atoms with Gasteiger partial charge in [0.1, 0.15) is 0 Å². The third-order valence-electron chi connectivity index (χ3n) is 1.80. The number of nitrogens with one attached hydrogen (secondary N) is 1. The summed E-state index contributed by atoms with van der Waals surface area (Å²) in [6, 6.07) is 0.325. The van der Waals surface area contributed by atoms with E-state index in [4.69, 9.17) is 0 Å². The van der Waals surface area contributed by atoms with Crippen LogP contribution < -0.4 is 5.32 Å². The maximum atomic E-state index is 10.8. The van der Waals surface area contributed by atoms with Gasteiger partial charge in [-0.05, 0) is 25.3 Å². The quantitative estimate of drug-likeness (QED) is 0.469. The third kappa shape index (κ3) is 2.58. The molecule has 1 atom stereocenters. The highest BCUT2D eigenvalue weighted by Crippen LogP contribution is 2.09. The molecule has 1 rings (SSSR count). The summed E-state index contributed by atoms with van der Waals surface area (Å²) in [7, 11) is 0. The van der Waals surface area contributed by atoms with Gasteiger partial charge < -0.3 is 5.32 Å². The maximum absolute atomic E-state index is 10.8. The first kappa shape index (κ1) is 8.05. The van der Waals surface area contributed by atoms with Crippen LogP contribution in [0.3, 0.4) is 0 Å². The highest BCUT2D eigenvalue weighted by Gasteiger charge is 2.09. The molecule has 0 aromatic rings. The van der Waals surface area contributed by atoms with Gasteiger partial charge in [-0.3, -0.25) is 4.79 Å². The van der Waals surface area contributed by atoms with Crippen LogP contribution in [0.4, 0.5) is 0 Å². The van der Waals surface area contributed by atoms with Crippen LogP contribution in [0.2, 0.25) is 0 Å². The summed E-state index contributed by atoms with van der Waals surface area (Å²) in [4.78, 5) is 10.8. The van der Waals surface area contributed by atoms with E-state index in [9.17, 15) is 4.79 Å². The van der Waals surface area contributed by atoms with Gasteiger partial charge in [0.2, 0.25) is 5.91 Å². The summed E-state index contributed by atoms with van der Waals surface area (Å²) < 4.78 is 0. The highest BCUT2D eigenvalue weighted by atomic mass is 16.1. The van der Waals surface area contributed by atoms with Crippen LogP contribution >= 0.6 is 0 Å². The van der Waals surface area contributed by atoms with Crippen LogP contribution in [0.1, 0.15) is 19.3 Å². The van der Waals surface area contributed by atoms with Crippen LogP contribution in [-0.4, -0.2) is 11.9 Å². The van der Waals surface area contributed by atoms with Crippen molar-refractivity contribution < 1.29 is 4.79 Å². The Hall–Kier alpha value is -1.05. The van der Waals surface area contributed by atoms with Gasteiger partial charge in [0, 0.05) is 6.04 Å². The smallest absolute Gasteiger partial charge is 0.243 e. The zero-order chi connectivity index (χ0) is 8.10. The van der Waals surface area contributed by atoms with Crippen LogP contribution in [0.25, 0.3) is 0 Å². The van der Waals surface area contributed by atoms with Crippen molar-refractivity contribution in [1.29, 1.82) is 0 Å². The van der Waals surface area contributed by atoms with Gasteiger partial charge >= 0.3 is 0 Å². The zero-order valence-electron chi connectivity index (χ0n) is 6.55. The Bertz CT molecular complexity index is 184. The maximum Gasteiger partial charge on any atom is 0.243 e. The first-order valence-corrected chi connectivity index (χ1v) is 3.91. The Balaban J connectivity index is 2.31. The normalized spacial score (nSPS) is 22.7. The van der Waals surface area contributed by atoms with E-state index in [1.54, 1.807) is 0 Å². The molecule has 1 N–H and O–H groups in total. The third-order valence-corrected chi connectivity index (χ3v) is 1.80. The molecule has 2 nitrogen and oxygen atoms in total. The lowest BCUT2D eigenvalue weighted by Gasteiger charge is -2.17. The summed E-state index contributed by atoms with van der Waals surface area (Å²) in [6.45, 7) is 3.40. The molecule has 0 aromatic carbocycles. The number of allylic oxidation sites excluding steroid dienone is 1. The summed E-state index contributed by atoms with van der Waals surface area (Å²) >= 11 is 0. The summed E-state index contributed by atoms with van der Waals surface area (Å²) in [6.07, 6.45) is 8.66. The molecule has 0 saturated carbocycles. The minimum Gasteiger partial charge on any atom is -0.350 e. The molecule has 1 aliphatic carbocycles. The van der Waals surface area contributed by atoms with Crippen molar-refractivity contribution in [2.75, 3.05) is 0 Å². The number of hydrogen-bond acceptors (Lipinski definition) is 1. The number of carbonyl (C=O) groups is 1. The van der Waals surface area contributed by atoms with Gasteiger partial charge in [-0.15, -0.1) is 0 Å². The number of carbonyl (C=O) groups excluding carboxylic acids is 1. The van der Waals surface area contributed by atoms with Gasteiger partial charge in [0.25, 0.3) is 0 Å². The Morgan fingerprint density at radius 3 is 3.00 bits per heavy atom. The van der Waals surface area contributed by atoms with Gasteiger partial charge in [-0.2, -0.15) is 0 Å². The van der Waals surface area contributed by atoms with Crippen LogP contribution in [0.15, 0.2) is 24.8 Å². The Labute approximate surface area is 67.0 Å². The van der Waals surface area contributed by atoms with Crippen molar-refractivity contribution >= 4 is 5.91 Å². The molecule has 0 aromatic heterocycles. The number of amides is 1. The first-order chi connectivity index (χ1) is 5.33. The van der Waals surface area contributed by atoms with Crippen LogP contribution in [0, 0.1) is 0 Å². The van der Waals surface area contributed by atoms with Gasteiger partial charge in [0.15, 0.2) is 0 Å². The van der Waals surface area contributed by atoms with Crippen LogP contribution in [-0.2, 0) is 4.79 Å². The molecule has 2 heteroatoms. The monoisotopic (exact) mass is 151 g/mol. The van der Waals surface area contributed by atoms with Crippen molar-refractivity contribution in [2.45, 2.75) is 25.3 Å². The fourth-order valence-corrected chi connectivity index (χ4v) is 1.18. The summed E-state index contributed by atoms with van der Waals surface area (Å²) in [5.41, 5.74) is 0. The first-order valence-electron chi connectivity index (χ1n) is 3.91. The zero-order valence-corrected chi connectivity index (χ0v) is 6.55. The Morgan fingerprint density at radius 1 is 1.64 bits per heavy atom. The molecule has 11 heavy (non-hydrogen) atoms. The van der Waals surface area contributed by atoms with E-state index < -0.39 is 0 Å². The lowest BCUT2D eigenvalue weighted by Crippen LogP contribution is -2.33. The standard InChI is InChI=1S/C9H13NO/c1-2-9(11)10-8-6-4-3-5-7-8/h2-4,8H,1,5-7H2,(H,10,11). The van der Waals surface area contributed by atoms with E-state index in [0.717, 1.165) is 19.3 Å². The SMILES string of the molecule is C=CC(=O)NC1CC=CCC1. The molecule has 0 spiro atoms. The molecule has 0 saturated heterocycles. The fourth-order valence-electron chi connectivity index (χ4n) is 1.18. The second-order valence-corrected chi connectivity index (χ2v) is 2.69. The van der Waals surface area contributed by atoms with Crippen molar-refractivity contribution in [1.82, 2.24) is 5.32 Å². The number of hydrogen-bond donors (Lipinski definition) is 1. The molecule has 0 aliphatic heterocycles. The minimum absolute atomic E-state index is 0.0645. The minimum atomic E-state index is -0.0645. The average Bonchev–Trinajstić information content (AvgIpc) is 2.06. The Morgan fingerprint density at radius 2 is 2.45 bits per heavy atom. The summed E-state index contributed by atoms with van der Waals surface area (Å²) in [5, 5.41) is 2.86. The molecule has 0 heterocycles. The molecule has 1 aliphatic rings. The van der Waals surface area contributed by atoms with Crippen molar-refractivity contribution in [3.05, 3.63) is 24.8 Å². The van der Waals surface area contributed by atoms with Gasteiger partial charge in [0.05, 0.1) is 0 Å². The highest BCUT2D eigenvalue weighted by molar-refractivity contribution is 5.87. The largest absolute Gasteiger partial charge is 0.350 e. The molecule has 1 unspecified atom stereocenters. The lowest BCUT2D eigenvalue weighted by molar-refractivity contribution is -0.117. The fraction of sp³-hybridized carbons (Fsp3) is 0.444. The lowest BCUT2D eigenvalue weighted by atomic mass is 10.0. The van der Waals surface area contributed by atoms with E-state index in [2.05, 4.69) is 24.0 Å². The van der Waals surface area contributed by atoms with Crippen molar-refractivity contribution in [3.63, 3.8) is 0 Å². The van der Waals surface area contributed by atoms with Crippen molar-refractivity contribution in [3.8, 4) is 0 Å². The van der Waals surface area contributed by atoms with Crippen LogP contribution in [0.5, 0.6) is 0 Å². The Kier molecular flexibility index (Phi) is 2.90. The van der Waals surface area contributed by atoms with E-state index in [-0.39, 0.29) is 5.91 Å². The predicted octanol–water partition coefficient (Wildman–Crippen LogP) is 1.40.